The number of hydrogen-bond donors (Lipinski definition) is 2. The molecule has 1 fully saturated rings. The van der Waals surface area contributed by atoms with Crippen molar-refractivity contribution in [2.75, 3.05) is 26.3 Å². The summed E-state index contributed by atoms with van der Waals surface area (Å²) in [5, 5.41) is 13.3. The van der Waals surface area contributed by atoms with Gasteiger partial charge in [-0.1, -0.05) is 36.4 Å². The molecule has 5 heteroatoms. The van der Waals surface area contributed by atoms with Crippen molar-refractivity contribution < 1.29 is 14.6 Å². The third-order valence-corrected chi connectivity index (χ3v) is 5.93. The van der Waals surface area contributed by atoms with Gasteiger partial charge in [-0.25, -0.2) is 0 Å². The zero-order valence-electron chi connectivity index (χ0n) is 16.8. The predicted molar refractivity (Wildman–Crippen MR) is 113 cm³/mol. The zero-order valence-corrected chi connectivity index (χ0v) is 16.8. The molecule has 0 aliphatic carbocycles. The van der Waals surface area contributed by atoms with Crippen molar-refractivity contribution in [1.29, 1.82) is 0 Å². The van der Waals surface area contributed by atoms with E-state index < -0.39 is 6.10 Å². The molecule has 0 aromatic heterocycles. The third kappa shape index (κ3) is 5.44. The first-order valence-corrected chi connectivity index (χ1v) is 10.6. The highest BCUT2D eigenvalue weighted by Gasteiger charge is 2.21. The van der Waals surface area contributed by atoms with E-state index in [1.54, 1.807) is 0 Å². The van der Waals surface area contributed by atoms with Crippen LogP contribution in [-0.4, -0.2) is 48.3 Å². The quantitative estimate of drug-likeness (QED) is 0.758. The van der Waals surface area contributed by atoms with Crippen LogP contribution in [0, 0.1) is 5.92 Å². The molecule has 0 radical (unpaired) electrons. The highest BCUT2D eigenvalue weighted by Crippen LogP contribution is 2.22. The number of rotatable bonds is 7. The number of nitrogens with one attached hydrogen (secondary N) is 1. The molecule has 1 amide bonds. The molecule has 4 rings (SSSR count). The van der Waals surface area contributed by atoms with Crippen LogP contribution >= 0.6 is 0 Å². The number of hydrogen-bond acceptors (Lipinski definition) is 4. The van der Waals surface area contributed by atoms with E-state index in [0.29, 0.717) is 18.0 Å². The van der Waals surface area contributed by atoms with Gasteiger partial charge in [-0.05, 0) is 54.0 Å². The second-order valence-electron chi connectivity index (χ2n) is 8.26. The lowest BCUT2D eigenvalue weighted by Crippen LogP contribution is -2.38. The van der Waals surface area contributed by atoms with Crippen molar-refractivity contribution in [2.45, 2.75) is 38.5 Å². The lowest BCUT2D eigenvalue weighted by atomic mass is 9.92. The number of β-amino-alcohol motifs (C(OH)–C–C–N with tert-alkyl or cyclic N) is 1. The fraction of sp³-hybridized carbons (Fsp3) is 0.458. The molecule has 1 saturated heterocycles. The highest BCUT2D eigenvalue weighted by molar-refractivity contribution is 5.94. The highest BCUT2D eigenvalue weighted by atomic mass is 16.5. The number of aliphatic hydroxyl groups excluding tert-OH is 1. The predicted octanol–water partition coefficient (Wildman–Crippen LogP) is 2.76. The molecule has 2 aliphatic rings. The van der Waals surface area contributed by atoms with E-state index in [1.807, 2.05) is 18.2 Å². The van der Waals surface area contributed by atoms with Gasteiger partial charge in [0.1, 0.15) is 0 Å². The van der Waals surface area contributed by atoms with Gasteiger partial charge < -0.3 is 15.2 Å². The Labute approximate surface area is 172 Å². The maximum absolute atomic E-state index is 12.6. The van der Waals surface area contributed by atoms with E-state index in [2.05, 4.69) is 40.5 Å². The minimum absolute atomic E-state index is 0.123. The maximum atomic E-state index is 12.6. The number of fused-ring (bicyclic) bond motifs is 1. The number of ether oxygens (including phenoxy) is 1. The Balaban J connectivity index is 1.24. The van der Waals surface area contributed by atoms with Crippen molar-refractivity contribution in [3.8, 4) is 0 Å². The van der Waals surface area contributed by atoms with Gasteiger partial charge in [0.25, 0.3) is 5.91 Å². The zero-order chi connectivity index (χ0) is 20.1. The molecule has 2 N–H and O–H groups in total. The van der Waals surface area contributed by atoms with Crippen LogP contribution in [-0.2, 0) is 24.2 Å². The van der Waals surface area contributed by atoms with Crippen LogP contribution in [0.4, 0.5) is 0 Å². The minimum atomic E-state index is -0.585. The molecule has 29 heavy (non-hydrogen) atoms. The standard InChI is InChI=1S/C24H30N2O3/c27-23(17-26-15-21-5-1-2-6-22(21)16-26)14-25-24(28)20-7-3-4-19(13-20)12-18-8-10-29-11-9-18/h1-7,13,18,23,27H,8-12,14-17H2,(H,25,28)/t23-/m1/s1. The first-order chi connectivity index (χ1) is 14.2. The molecule has 2 heterocycles. The second-order valence-corrected chi connectivity index (χ2v) is 8.26. The van der Waals surface area contributed by atoms with Crippen LogP contribution in [0.1, 0.15) is 39.9 Å². The summed E-state index contributed by atoms with van der Waals surface area (Å²) in [5.41, 5.74) is 4.51. The molecule has 5 nitrogen and oxygen atoms in total. The van der Waals surface area contributed by atoms with Gasteiger partial charge in [0.2, 0.25) is 0 Å². The van der Waals surface area contributed by atoms with Gasteiger partial charge in [-0.2, -0.15) is 0 Å². The van der Waals surface area contributed by atoms with Crippen molar-refractivity contribution in [1.82, 2.24) is 10.2 Å². The van der Waals surface area contributed by atoms with Gasteiger partial charge in [0, 0.05) is 45.0 Å². The second kappa shape index (κ2) is 9.53. The summed E-state index contributed by atoms with van der Waals surface area (Å²) in [6, 6.07) is 16.2. The summed E-state index contributed by atoms with van der Waals surface area (Å²) in [5.74, 6) is 0.510. The number of carbonyl (C=O) groups is 1. The first kappa shape index (κ1) is 20.1. The number of benzene rings is 2. The van der Waals surface area contributed by atoms with E-state index in [4.69, 9.17) is 4.74 Å². The van der Waals surface area contributed by atoms with Crippen LogP contribution in [0.15, 0.2) is 48.5 Å². The molecule has 154 valence electrons. The van der Waals surface area contributed by atoms with Crippen molar-refractivity contribution in [2.24, 2.45) is 5.92 Å². The molecule has 2 aromatic rings. The molecule has 0 saturated carbocycles. The summed E-state index contributed by atoms with van der Waals surface area (Å²) in [4.78, 5) is 14.8. The average molecular weight is 395 g/mol. The summed E-state index contributed by atoms with van der Waals surface area (Å²) >= 11 is 0. The van der Waals surface area contributed by atoms with Gasteiger partial charge >= 0.3 is 0 Å². The third-order valence-electron chi connectivity index (χ3n) is 5.93. The molecular weight excluding hydrogens is 364 g/mol. The van der Waals surface area contributed by atoms with Gasteiger partial charge in [0.05, 0.1) is 6.10 Å². The van der Waals surface area contributed by atoms with Gasteiger partial charge in [-0.3, -0.25) is 9.69 Å². The maximum Gasteiger partial charge on any atom is 0.251 e. The lowest BCUT2D eigenvalue weighted by molar-refractivity contribution is 0.0665. The van der Waals surface area contributed by atoms with E-state index in [-0.39, 0.29) is 12.5 Å². The van der Waals surface area contributed by atoms with Crippen LogP contribution in [0.3, 0.4) is 0 Å². The largest absolute Gasteiger partial charge is 0.390 e. The molecule has 0 spiro atoms. The van der Waals surface area contributed by atoms with Crippen LogP contribution in [0.5, 0.6) is 0 Å². The Morgan fingerprint density at radius 2 is 1.83 bits per heavy atom. The molecular formula is C24H30N2O3. The van der Waals surface area contributed by atoms with Crippen molar-refractivity contribution in [3.63, 3.8) is 0 Å². The Hall–Kier alpha value is -2.21. The Bertz CT molecular complexity index is 807. The van der Waals surface area contributed by atoms with Gasteiger partial charge in [0.15, 0.2) is 0 Å². The Morgan fingerprint density at radius 1 is 1.10 bits per heavy atom. The smallest absolute Gasteiger partial charge is 0.251 e. The SMILES string of the molecule is O=C(NC[C@@H](O)CN1Cc2ccccc2C1)c1cccc(CC2CCOCC2)c1. The normalized spacial score (nSPS) is 18.4. The number of carbonyl (C=O) groups excluding carboxylic acids is 1. The topological polar surface area (TPSA) is 61.8 Å². The van der Waals surface area contributed by atoms with Crippen LogP contribution < -0.4 is 5.32 Å². The van der Waals surface area contributed by atoms with E-state index in [9.17, 15) is 9.90 Å². The van der Waals surface area contributed by atoms with E-state index >= 15 is 0 Å². The number of nitrogens with zero attached hydrogens (tertiary/aromatic N) is 1. The minimum Gasteiger partial charge on any atom is -0.390 e. The molecule has 2 aliphatic heterocycles. The van der Waals surface area contributed by atoms with Crippen LogP contribution in [0.2, 0.25) is 0 Å². The van der Waals surface area contributed by atoms with Crippen molar-refractivity contribution >= 4 is 5.91 Å². The van der Waals surface area contributed by atoms with Gasteiger partial charge in [-0.15, -0.1) is 0 Å². The molecule has 0 unspecified atom stereocenters. The van der Waals surface area contributed by atoms with E-state index in [1.165, 1.54) is 16.7 Å². The number of aliphatic hydroxyl groups is 1. The number of amides is 1. The van der Waals surface area contributed by atoms with E-state index in [0.717, 1.165) is 45.6 Å². The summed E-state index contributed by atoms with van der Waals surface area (Å²) in [6.07, 6.45) is 2.58. The average Bonchev–Trinajstić information content (AvgIpc) is 3.15. The Kier molecular flexibility index (Phi) is 6.60. The molecule has 2 aromatic carbocycles. The summed E-state index contributed by atoms with van der Waals surface area (Å²) in [6.45, 7) is 4.20. The Morgan fingerprint density at radius 3 is 2.55 bits per heavy atom. The summed E-state index contributed by atoms with van der Waals surface area (Å²) in [7, 11) is 0. The van der Waals surface area contributed by atoms with Crippen molar-refractivity contribution in [3.05, 3.63) is 70.8 Å². The lowest BCUT2D eigenvalue weighted by Gasteiger charge is -2.22. The molecule has 0 bridgehead atoms. The fourth-order valence-electron chi connectivity index (χ4n) is 4.33. The monoisotopic (exact) mass is 394 g/mol. The summed E-state index contributed by atoms with van der Waals surface area (Å²) < 4.78 is 5.43. The molecule has 1 atom stereocenters. The fourth-order valence-corrected chi connectivity index (χ4v) is 4.33. The first-order valence-electron chi connectivity index (χ1n) is 10.6. The van der Waals surface area contributed by atoms with Crippen LogP contribution in [0.25, 0.3) is 0 Å².